The molecule has 0 spiro atoms. The summed E-state index contributed by atoms with van der Waals surface area (Å²) in [5, 5.41) is 7.49. The lowest BCUT2D eigenvalue weighted by Crippen LogP contribution is -2.43. The molecule has 3 N–H and O–H groups in total. The van der Waals surface area contributed by atoms with Crippen molar-refractivity contribution >= 4 is 56.8 Å². The first-order chi connectivity index (χ1) is 12.8. The van der Waals surface area contributed by atoms with Crippen LogP contribution in [0.2, 0.25) is 0 Å². The number of amides is 1. The molecule has 1 amide bonds. The van der Waals surface area contributed by atoms with Crippen LogP contribution in [-0.2, 0) is 21.2 Å². The Morgan fingerprint density at radius 3 is 2.78 bits per heavy atom. The number of sulfonamides is 1. The van der Waals surface area contributed by atoms with E-state index in [2.05, 4.69) is 15.4 Å². The van der Waals surface area contributed by atoms with Crippen LogP contribution in [0.15, 0.2) is 39.6 Å². The minimum absolute atomic E-state index is 0.00978. The Kier molecular flexibility index (Phi) is 7.83. The summed E-state index contributed by atoms with van der Waals surface area (Å²) in [5.74, 6) is 0.621. The van der Waals surface area contributed by atoms with Crippen molar-refractivity contribution < 1.29 is 13.2 Å². The molecule has 0 bridgehead atoms. The van der Waals surface area contributed by atoms with Crippen LogP contribution in [0.3, 0.4) is 0 Å². The number of thioether (sulfide) groups is 2. The van der Waals surface area contributed by atoms with Gasteiger partial charge in [0, 0.05) is 18.1 Å². The standard InChI is InChI=1S/C16H22N4O3S4/c1-11(20-6-7-26-10-20)18-15(21)9-12-4-5-13(25-3)14(8-12)27(22,23)19-16(24)17-2/h4-8,11H,9-10H2,1-3H3,(H,18,21)(H2,17,19,24). The molecular weight excluding hydrogens is 424 g/mol. The van der Waals surface area contributed by atoms with E-state index in [1.54, 1.807) is 30.2 Å². The fourth-order valence-electron chi connectivity index (χ4n) is 2.36. The molecule has 0 aromatic heterocycles. The van der Waals surface area contributed by atoms with Gasteiger partial charge in [-0.2, -0.15) is 0 Å². The summed E-state index contributed by atoms with van der Waals surface area (Å²) in [6, 6.07) is 4.98. The molecule has 1 heterocycles. The van der Waals surface area contributed by atoms with E-state index in [9.17, 15) is 13.2 Å². The lowest BCUT2D eigenvalue weighted by atomic mass is 10.1. The van der Waals surface area contributed by atoms with Crippen LogP contribution >= 0.6 is 35.7 Å². The molecule has 2 rings (SSSR count). The summed E-state index contributed by atoms with van der Waals surface area (Å²) in [6.45, 7) is 1.91. The van der Waals surface area contributed by atoms with E-state index in [0.29, 0.717) is 10.5 Å². The van der Waals surface area contributed by atoms with Crippen molar-refractivity contribution in [3.8, 4) is 0 Å². The maximum atomic E-state index is 12.6. The SMILES string of the molecule is CNC(=S)NS(=O)(=O)c1cc(CC(=O)NC(C)N2C=CSC2)ccc1SC. The monoisotopic (exact) mass is 446 g/mol. The van der Waals surface area contributed by atoms with E-state index < -0.39 is 10.0 Å². The van der Waals surface area contributed by atoms with Gasteiger partial charge in [0.2, 0.25) is 5.91 Å². The van der Waals surface area contributed by atoms with Crippen molar-refractivity contribution in [3.63, 3.8) is 0 Å². The molecule has 0 saturated carbocycles. The van der Waals surface area contributed by atoms with Crippen LogP contribution in [0.1, 0.15) is 12.5 Å². The highest BCUT2D eigenvalue weighted by Gasteiger charge is 2.21. The van der Waals surface area contributed by atoms with Crippen molar-refractivity contribution in [3.05, 3.63) is 35.4 Å². The number of thiocarbonyl (C=S) groups is 1. The average Bonchev–Trinajstić information content (AvgIpc) is 3.16. The number of carbonyl (C=O) groups is 1. The maximum absolute atomic E-state index is 12.6. The Morgan fingerprint density at radius 2 is 2.19 bits per heavy atom. The first kappa shape index (κ1) is 21.9. The number of nitrogens with one attached hydrogen (secondary N) is 3. The van der Waals surface area contributed by atoms with Gasteiger partial charge < -0.3 is 15.5 Å². The predicted molar refractivity (Wildman–Crippen MR) is 115 cm³/mol. The lowest BCUT2D eigenvalue weighted by Gasteiger charge is -2.24. The number of hydrogen-bond acceptors (Lipinski definition) is 7. The molecule has 1 aliphatic heterocycles. The van der Waals surface area contributed by atoms with Gasteiger partial charge in [0.15, 0.2) is 5.11 Å². The summed E-state index contributed by atoms with van der Waals surface area (Å²) < 4.78 is 27.5. The molecule has 1 aromatic carbocycles. The maximum Gasteiger partial charge on any atom is 0.264 e. The topological polar surface area (TPSA) is 90.5 Å². The molecule has 1 unspecified atom stereocenters. The Morgan fingerprint density at radius 1 is 1.44 bits per heavy atom. The normalized spacial score (nSPS) is 14.7. The fraction of sp³-hybridized carbons (Fsp3) is 0.375. The number of hydrogen-bond donors (Lipinski definition) is 3. The minimum atomic E-state index is -3.84. The van der Waals surface area contributed by atoms with Gasteiger partial charge in [0.1, 0.15) is 4.90 Å². The molecule has 1 atom stereocenters. The van der Waals surface area contributed by atoms with Gasteiger partial charge in [0.25, 0.3) is 10.0 Å². The van der Waals surface area contributed by atoms with Gasteiger partial charge in [-0.25, -0.2) is 8.42 Å². The average molecular weight is 447 g/mol. The first-order valence-electron chi connectivity index (χ1n) is 8.01. The smallest absolute Gasteiger partial charge is 0.264 e. The molecule has 7 nitrogen and oxygen atoms in total. The quantitative estimate of drug-likeness (QED) is 0.431. The second-order valence-electron chi connectivity index (χ2n) is 5.69. The van der Waals surface area contributed by atoms with Crippen molar-refractivity contribution in [1.29, 1.82) is 0 Å². The van der Waals surface area contributed by atoms with Crippen LogP contribution in [0, 0.1) is 0 Å². The fourth-order valence-corrected chi connectivity index (χ4v) is 5.63. The number of nitrogens with zero attached hydrogens (tertiary/aromatic N) is 1. The van der Waals surface area contributed by atoms with Gasteiger partial charge in [-0.05, 0) is 48.5 Å². The number of benzene rings is 1. The van der Waals surface area contributed by atoms with Crippen LogP contribution in [0.25, 0.3) is 0 Å². The number of carbonyl (C=O) groups excluding carboxylic acids is 1. The molecule has 0 aliphatic carbocycles. The van der Waals surface area contributed by atoms with Crippen LogP contribution in [0.5, 0.6) is 0 Å². The lowest BCUT2D eigenvalue weighted by molar-refractivity contribution is -0.121. The van der Waals surface area contributed by atoms with Crippen LogP contribution in [-0.4, -0.2) is 49.7 Å². The molecule has 1 aliphatic rings. The Labute approximate surface area is 173 Å². The summed E-state index contributed by atoms with van der Waals surface area (Å²) >= 11 is 7.87. The second-order valence-corrected chi connectivity index (χ2v) is 9.46. The molecule has 148 valence electrons. The predicted octanol–water partition coefficient (Wildman–Crippen LogP) is 1.67. The highest BCUT2D eigenvalue weighted by atomic mass is 32.2. The summed E-state index contributed by atoms with van der Waals surface area (Å²) in [4.78, 5) is 15.0. The third-order valence-corrected chi connectivity index (χ3v) is 7.29. The zero-order chi connectivity index (χ0) is 20.0. The zero-order valence-corrected chi connectivity index (χ0v) is 18.4. The second kappa shape index (κ2) is 9.67. The van der Waals surface area contributed by atoms with Crippen molar-refractivity contribution in [2.75, 3.05) is 19.2 Å². The molecule has 1 aromatic rings. The van der Waals surface area contributed by atoms with E-state index in [1.165, 1.54) is 24.9 Å². The van der Waals surface area contributed by atoms with Crippen molar-refractivity contribution in [2.24, 2.45) is 0 Å². The van der Waals surface area contributed by atoms with Gasteiger partial charge in [-0.15, -0.1) is 23.5 Å². The van der Waals surface area contributed by atoms with Crippen LogP contribution in [0.4, 0.5) is 0 Å². The van der Waals surface area contributed by atoms with Gasteiger partial charge in [-0.1, -0.05) is 6.07 Å². The van der Waals surface area contributed by atoms with E-state index in [4.69, 9.17) is 12.2 Å². The highest BCUT2D eigenvalue weighted by Crippen LogP contribution is 2.26. The van der Waals surface area contributed by atoms with Crippen molar-refractivity contribution in [1.82, 2.24) is 20.3 Å². The third-order valence-electron chi connectivity index (χ3n) is 3.78. The van der Waals surface area contributed by atoms with Gasteiger partial charge in [0.05, 0.1) is 18.5 Å². The molecular formula is C16H22N4O3S4. The Balaban J connectivity index is 2.15. The number of rotatable bonds is 7. The molecule has 0 saturated heterocycles. The van der Waals surface area contributed by atoms with Gasteiger partial charge >= 0.3 is 0 Å². The molecule has 0 radical (unpaired) electrons. The van der Waals surface area contributed by atoms with E-state index in [0.717, 1.165) is 5.88 Å². The first-order valence-corrected chi connectivity index (χ1v) is 12.2. The highest BCUT2D eigenvalue weighted by molar-refractivity contribution is 8.02. The van der Waals surface area contributed by atoms with Crippen LogP contribution < -0.4 is 15.4 Å². The van der Waals surface area contributed by atoms with E-state index in [-0.39, 0.29) is 28.5 Å². The molecule has 0 fully saturated rings. The zero-order valence-electron chi connectivity index (χ0n) is 15.2. The summed E-state index contributed by atoms with van der Waals surface area (Å²) in [5.41, 5.74) is 0.611. The Bertz CT molecular complexity index is 842. The molecule has 11 heteroatoms. The summed E-state index contributed by atoms with van der Waals surface area (Å²) in [7, 11) is -2.30. The minimum Gasteiger partial charge on any atom is -0.365 e. The Hall–Kier alpha value is -1.43. The van der Waals surface area contributed by atoms with E-state index in [1.807, 2.05) is 23.4 Å². The summed E-state index contributed by atoms with van der Waals surface area (Å²) in [6.07, 6.45) is 3.68. The third kappa shape index (κ3) is 6.03. The largest absolute Gasteiger partial charge is 0.365 e. The molecule has 27 heavy (non-hydrogen) atoms. The van der Waals surface area contributed by atoms with Crippen molar-refractivity contribution in [2.45, 2.75) is 29.3 Å². The van der Waals surface area contributed by atoms with Gasteiger partial charge in [-0.3, -0.25) is 9.52 Å². The van der Waals surface area contributed by atoms with E-state index >= 15 is 0 Å².